The predicted molar refractivity (Wildman–Crippen MR) is 76.6 cm³/mol. The lowest BCUT2D eigenvalue weighted by Gasteiger charge is -2.42. The van der Waals surface area contributed by atoms with Gasteiger partial charge in [-0.05, 0) is 24.5 Å². The topological polar surface area (TPSA) is 85.7 Å². The Balaban J connectivity index is 2.28. The molecule has 6 heteroatoms. The van der Waals surface area contributed by atoms with Crippen molar-refractivity contribution >= 4 is 11.8 Å². The number of aliphatic hydroxyl groups excluding tert-OH is 1. The van der Waals surface area contributed by atoms with E-state index in [9.17, 15) is 14.7 Å². The summed E-state index contributed by atoms with van der Waals surface area (Å²) in [5, 5.41) is 10.2. The van der Waals surface area contributed by atoms with E-state index in [0.29, 0.717) is 22.7 Å². The van der Waals surface area contributed by atoms with Crippen LogP contribution in [0.2, 0.25) is 0 Å². The summed E-state index contributed by atoms with van der Waals surface area (Å²) in [6, 6.07) is 3.33. The van der Waals surface area contributed by atoms with E-state index in [0.717, 1.165) is 0 Å². The molecular weight excluding hydrogens is 286 g/mol. The molecule has 0 radical (unpaired) electrons. The fourth-order valence-corrected chi connectivity index (χ4v) is 3.50. The highest BCUT2D eigenvalue weighted by Crippen LogP contribution is 2.48. The molecule has 2 bridgehead atoms. The number of esters is 1. The molecule has 1 aromatic rings. The second-order valence-electron chi connectivity index (χ2n) is 5.71. The van der Waals surface area contributed by atoms with E-state index in [1.165, 1.54) is 14.2 Å². The first-order valence-corrected chi connectivity index (χ1v) is 7.01. The molecule has 0 saturated heterocycles. The number of hydrogen-bond donors (Lipinski definition) is 1. The van der Waals surface area contributed by atoms with Crippen LogP contribution >= 0.6 is 0 Å². The SMILES string of the molecule is COC(=O)[C@@]12CC(C)=C(O)C(Cc3nc(OC)ccc31)C2=O. The molecule has 0 spiro atoms. The third kappa shape index (κ3) is 1.70. The Morgan fingerprint density at radius 3 is 2.77 bits per heavy atom. The number of rotatable bonds is 2. The number of nitrogens with zero attached hydrogens (tertiary/aromatic N) is 1. The Bertz CT molecular complexity index is 708. The number of methoxy groups -OCH3 is 2. The molecule has 22 heavy (non-hydrogen) atoms. The van der Waals surface area contributed by atoms with E-state index in [1.807, 2.05) is 0 Å². The largest absolute Gasteiger partial charge is 0.512 e. The molecule has 0 fully saturated rings. The molecule has 2 aliphatic rings. The van der Waals surface area contributed by atoms with Gasteiger partial charge in [-0.2, -0.15) is 0 Å². The van der Waals surface area contributed by atoms with Crippen molar-refractivity contribution in [3.63, 3.8) is 0 Å². The van der Waals surface area contributed by atoms with Gasteiger partial charge in [-0.1, -0.05) is 6.07 Å². The average molecular weight is 303 g/mol. The third-order valence-electron chi connectivity index (χ3n) is 4.58. The molecule has 0 aromatic carbocycles. The van der Waals surface area contributed by atoms with E-state index in [-0.39, 0.29) is 24.4 Å². The fraction of sp³-hybridized carbons (Fsp3) is 0.438. The molecule has 0 amide bonds. The van der Waals surface area contributed by atoms with Crippen molar-refractivity contribution in [1.29, 1.82) is 0 Å². The molecular formula is C16H17NO5. The lowest BCUT2D eigenvalue weighted by Crippen LogP contribution is -2.54. The number of carbonyl (C=O) groups is 2. The molecule has 2 atom stereocenters. The van der Waals surface area contributed by atoms with Crippen molar-refractivity contribution in [2.45, 2.75) is 25.2 Å². The molecule has 0 saturated carbocycles. The zero-order chi connectivity index (χ0) is 16.1. The van der Waals surface area contributed by atoms with Gasteiger partial charge in [-0.3, -0.25) is 9.59 Å². The number of carbonyl (C=O) groups excluding carboxylic acids is 2. The maximum Gasteiger partial charge on any atom is 0.324 e. The van der Waals surface area contributed by atoms with Crippen LogP contribution in [0.1, 0.15) is 24.6 Å². The second kappa shape index (κ2) is 4.83. The Morgan fingerprint density at radius 1 is 1.41 bits per heavy atom. The Hall–Kier alpha value is -2.37. The molecule has 6 nitrogen and oxygen atoms in total. The van der Waals surface area contributed by atoms with Crippen LogP contribution in [0.4, 0.5) is 0 Å². The van der Waals surface area contributed by atoms with Gasteiger partial charge in [0.1, 0.15) is 5.76 Å². The van der Waals surface area contributed by atoms with Crippen molar-refractivity contribution in [2.75, 3.05) is 14.2 Å². The van der Waals surface area contributed by atoms with Gasteiger partial charge in [0, 0.05) is 12.5 Å². The van der Waals surface area contributed by atoms with Crippen LogP contribution in [-0.4, -0.2) is 36.1 Å². The highest BCUT2D eigenvalue weighted by molar-refractivity contribution is 6.13. The number of aromatic nitrogens is 1. The molecule has 1 aromatic heterocycles. The van der Waals surface area contributed by atoms with Crippen LogP contribution in [0.5, 0.6) is 5.88 Å². The number of ether oxygens (including phenoxy) is 2. The normalized spacial score (nSPS) is 26.5. The molecule has 1 N–H and O–H groups in total. The summed E-state index contributed by atoms with van der Waals surface area (Å²) in [5.74, 6) is -1.23. The van der Waals surface area contributed by atoms with Gasteiger partial charge in [0.15, 0.2) is 11.2 Å². The number of ketones is 1. The Morgan fingerprint density at radius 2 is 2.14 bits per heavy atom. The van der Waals surface area contributed by atoms with Gasteiger partial charge in [0.05, 0.1) is 25.8 Å². The summed E-state index contributed by atoms with van der Waals surface area (Å²) in [7, 11) is 2.76. The quantitative estimate of drug-likeness (QED) is 0.658. The van der Waals surface area contributed by atoms with Gasteiger partial charge in [0.2, 0.25) is 5.88 Å². The highest BCUT2D eigenvalue weighted by atomic mass is 16.5. The van der Waals surface area contributed by atoms with Crippen LogP contribution in [-0.2, 0) is 26.2 Å². The molecule has 1 unspecified atom stereocenters. The van der Waals surface area contributed by atoms with Crippen molar-refractivity contribution in [2.24, 2.45) is 5.92 Å². The monoisotopic (exact) mass is 303 g/mol. The molecule has 2 aliphatic carbocycles. The molecule has 0 aliphatic heterocycles. The van der Waals surface area contributed by atoms with Crippen LogP contribution in [0, 0.1) is 5.92 Å². The van der Waals surface area contributed by atoms with Gasteiger partial charge in [-0.25, -0.2) is 4.98 Å². The predicted octanol–water partition coefficient (Wildman–Crippen LogP) is 1.48. The second-order valence-corrected chi connectivity index (χ2v) is 5.71. The number of hydrogen-bond acceptors (Lipinski definition) is 6. The first-order valence-electron chi connectivity index (χ1n) is 7.01. The van der Waals surface area contributed by atoms with Crippen LogP contribution in [0.15, 0.2) is 23.5 Å². The van der Waals surface area contributed by atoms with E-state index in [4.69, 9.17) is 9.47 Å². The summed E-state index contributed by atoms with van der Waals surface area (Å²) in [5.41, 5.74) is 0.362. The fourth-order valence-electron chi connectivity index (χ4n) is 3.50. The van der Waals surface area contributed by atoms with E-state index >= 15 is 0 Å². The van der Waals surface area contributed by atoms with Crippen molar-refractivity contribution < 1.29 is 24.2 Å². The number of aliphatic hydroxyl groups is 1. The summed E-state index contributed by atoms with van der Waals surface area (Å²) in [6.07, 6.45) is 0.370. The Labute approximate surface area is 127 Å². The average Bonchev–Trinajstić information content (AvgIpc) is 2.53. The minimum Gasteiger partial charge on any atom is -0.512 e. The summed E-state index contributed by atoms with van der Waals surface area (Å²) in [4.78, 5) is 29.7. The number of Topliss-reactive ketones (excluding diaryl/α,β-unsaturated/α-hetero) is 1. The van der Waals surface area contributed by atoms with Gasteiger partial charge < -0.3 is 14.6 Å². The number of pyridine rings is 1. The molecule has 3 rings (SSSR count). The first-order chi connectivity index (χ1) is 10.5. The number of allylic oxidation sites excluding steroid dienone is 2. The first kappa shape index (κ1) is 14.6. The van der Waals surface area contributed by atoms with Crippen LogP contribution in [0.3, 0.4) is 0 Å². The standard InChI is InChI=1S/C16H17NO5/c1-8-7-16(15(20)22-3)10-4-5-12(21-2)17-11(10)6-9(13(8)18)14(16)19/h4-5,9,18H,6-7H2,1-3H3/t9?,16-/m0/s1. The van der Waals surface area contributed by atoms with Gasteiger partial charge >= 0.3 is 5.97 Å². The lowest BCUT2D eigenvalue weighted by molar-refractivity contribution is -0.154. The molecule has 116 valence electrons. The summed E-state index contributed by atoms with van der Waals surface area (Å²) in [6.45, 7) is 1.73. The van der Waals surface area contributed by atoms with Crippen molar-refractivity contribution in [3.8, 4) is 5.88 Å². The van der Waals surface area contributed by atoms with Gasteiger partial charge in [-0.15, -0.1) is 0 Å². The van der Waals surface area contributed by atoms with Gasteiger partial charge in [0.25, 0.3) is 0 Å². The smallest absolute Gasteiger partial charge is 0.324 e. The third-order valence-corrected chi connectivity index (χ3v) is 4.58. The minimum atomic E-state index is -1.41. The van der Waals surface area contributed by atoms with E-state index in [1.54, 1.807) is 19.1 Å². The van der Waals surface area contributed by atoms with Crippen LogP contribution in [0.25, 0.3) is 0 Å². The molecule has 1 heterocycles. The Kier molecular flexibility index (Phi) is 3.20. The van der Waals surface area contributed by atoms with E-state index in [2.05, 4.69) is 4.98 Å². The van der Waals surface area contributed by atoms with E-state index < -0.39 is 17.3 Å². The summed E-state index contributed by atoms with van der Waals surface area (Å²) < 4.78 is 10.0. The maximum atomic E-state index is 12.8. The minimum absolute atomic E-state index is 0.0415. The maximum absolute atomic E-state index is 12.8. The van der Waals surface area contributed by atoms with Crippen molar-refractivity contribution in [1.82, 2.24) is 4.98 Å². The zero-order valence-electron chi connectivity index (χ0n) is 12.7. The van der Waals surface area contributed by atoms with Crippen molar-refractivity contribution in [3.05, 3.63) is 34.7 Å². The van der Waals surface area contributed by atoms with Crippen LogP contribution < -0.4 is 4.74 Å². The summed E-state index contributed by atoms with van der Waals surface area (Å²) >= 11 is 0. The zero-order valence-corrected chi connectivity index (χ0v) is 12.7. The number of fused-ring (bicyclic) bond motifs is 4. The highest BCUT2D eigenvalue weighted by Gasteiger charge is 2.58. The lowest BCUT2D eigenvalue weighted by atomic mass is 9.59.